The number of nitrogens with two attached hydrogens (primary N) is 1. The van der Waals surface area contributed by atoms with E-state index in [1.54, 1.807) is 7.11 Å². The van der Waals surface area contributed by atoms with Gasteiger partial charge in [0.1, 0.15) is 11.9 Å². The molecule has 1 aromatic carbocycles. The highest BCUT2D eigenvalue weighted by Crippen LogP contribution is 2.23. The van der Waals surface area contributed by atoms with Crippen LogP contribution in [0.4, 0.5) is 5.82 Å². The van der Waals surface area contributed by atoms with E-state index < -0.39 is 0 Å². The van der Waals surface area contributed by atoms with Gasteiger partial charge in [-0.25, -0.2) is 15.8 Å². The molecule has 0 bridgehead atoms. The van der Waals surface area contributed by atoms with Crippen molar-refractivity contribution in [2.24, 2.45) is 5.84 Å². The second-order valence-corrected chi connectivity index (χ2v) is 4.14. The van der Waals surface area contributed by atoms with E-state index >= 15 is 0 Å². The maximum absolute atomic E-state index is 5.47. The number of methoxy groups -OCH3 is 1. The average Bonchev–Trinajstić information content (AvgIpc) is 2.49. The Morgan fingerprint density at radius 1 is 1.26 bits per heavy atom. The van der Waals surface area contributed by atoms with Crippen LogP contribution in [0, 0.1) is 0 Å². The maximum atomic E-state index is 5.47. The van der Waals surface area contributed by atoms with Crippen LogP contribution in [-0.4, -0.2) is 17.1 Å². The highest BCUT2D eigenvalue weighted by Gasteiger charge is 2.14. The third-order valence-corrected chi connectivity index (χ3v) is 2.90. The van der Waals surface area contributed by atoms with E-state index in [0.717, 1.165) is 17.7 Å². The minimum absolute atomic E-state index is 0.129. The monoisotopic (exact) mass is 258 g/mol. The molecule has 1 atom stereocenters. The number of nitrogen functional groups attached to an aromatic ring is 1. The van der Waals surface area contributed by atoms with E-state index in [-0.39, 0.29) is 6.10 Å². The zero-order valence-electron chi connectivity index (χ0n) is 11.1. The lowest BCUT2D eigenvalue weighted by Gasteiger charge is -2.14. The zero-order chi connectivity index (χ0) is 13.7. The van der Waals surface area contributed by atoms with E-state index in [2.05, 4.69) is 15.4 Å². The summed E-state index contributed by atoms with van der Waals surface area (Å²) in [6, 6.07) is 11.7. The zero-order valence-corrected chi connectivity index (χ0v) is 11.1. The Kier molecular flexibility index (Phi) is 4.43. The predicted octanol–water partition coefficient (Wildman–Crippen LogP) is 2.53. The number of hydrazine groups is 1. The molecule has 0 radical (unpaired) electrons. The Labute approximate surface area is 112 Å². The van der Waals surface area contributed by atoms with Gasteiger partial charge in [0.2, 0.25) is 0 Å². The van der Waals surface area contributed by atoms with E-state index in [1.165, 1.54) is 0 Å². The topological polar surface area (TPSA) is 73.1 Å². The van der Waals surface area contributed by atoms with Crippen molar-refractivity contribution in [3.8, 4) is 11.3 Å². The van der Waals surface area contributed by atoms with Crippen molar-refractivity contribution in [1.82, 2.24) is 9.97 Å². The Morgan fingerprint density at radius 3 is 2.58 bits per heavy atom. The van der Waals surface area contributed by atoms with Gasteiger partial charge in [-0.15, -0.1) is 0 Å². The Balaban J connectivity index is 2.47. The van der Waals surface area contributed by atoms with Crippen molar-refractivity contribution in [3.63, 3.8) is 0 Å². The number of hydrogen-bond acceptors (Lipinski definition) is 5. The van der Waals surface area contributed by atoms with Crippen molar-refractivity contribution < 1.29 is 4.74 Å². The van der Waals surface area contributed by atoms with Gasteiger partial charge < -0.3 is 10.2 Å². The van der Waals surface area contributed by atoms with Crippen LogP contribution in [0.1, 0.15) is 25.3 Å². The molecule has 3 N–H and O–H groups in total. The number of nitrogens with one attached hydrogen (secondary N) is 1. The van der Waals surface area contributed by atoms with Crippen molar-refractivity contribution in [3.05, 3.63) is 42.2 Å². The fourth-order valence-electron chi connectivity index (χ4n) is 1.90. The maximum Gasteiger partial charge on any atom is 0.160 e. The molecule has 2 aromatic rings. The fourth-order valence-corrected chi connectivity index (χ4v) is 1.90. The summed E-state index contributed by atoms with van der Waals surface area (Å²) in [4.78, 5) is 8.91. The normalized spacial score (nSPS) is 12.2. The second kappa shape index (κ2) is 6.26. The highest BCUT2D eigenvalue weighted by molar-refractivity contribution is 5.62. The number of anilines is 1. The molecule has 0 saturated heterocycles. The number of ether oxygens (including phenoxy) is 1. The third-order valence-electron chi connectivity index (χ3n) is 2.90. The molecular weight excluding hydrogens is 240 g/mol. The van der Waals surface area contributed by atoms with Gasteiger partial charge in [0.25, 0.3) is 0 Å². The lowest BCUT2D eigenvalue weighted by Crippen LogP contribution is -2.13. The summed E-state index contributed by atoms with van der Waals surface area (Å²) >= 11 is 0. The summed E-state index contributed by atoms with van der Waals surface area (Å²) in [6.07, 6.45) is 0.675. The molecule has 5 nitrogen and oxygen atoms in total. The van der Waals surface area contributed by atoms with Crippen LogP contribution < -0.4 is 11.3 Å². The molecule has 100 valence electrons. The molecule has 0 spiro atoms. The minimum atomic E-state index is -0.129. The van der Waals surface area contributed by atoms with Crippen LogP contribution in [0.15, 0.2) is 36.4 Å². The molecule has 19 heavy (non-hydrogen) atoms. The van der Waals surface area contributed by atoms with Gasteiger partial charge in [-0.05, 0) is 6.42 Å². The highest BCUT2D eigenvalue weighted by atomic mass is 16.5. The number of rotatable bonds is 5. The smallest absolute Gasteiger partial charge is 0.160 e. The number of hydrogen-bond donors (Lipinski definition) is 2. The molecule has 0 amide bonds. The van der Waals surface area contributed by atoms with Crippen LogP contribution in [-0.2, 0) is 4.74 Å². The van der Waals surface area contributed by atoms with Gasteiger partial charge in [-0.2, -0.15) is 0 Å². The fraction of sp³-hybridized carbons (Fsp3) is 0.286. The summed E-state index contributed by atoms with van der Waals surface area (Å²) in [5, 5.41) is 0. The second-order valence-electron chi connectivity index (χ2n) is 4.14. The quantitative estimate of drug-likeness (QED) is 0.637. The van der Waals surface area contributed by atoms with Crippen molar-refractivity contribution in [2.75, 3.05) is 12.5 Å². The molecule has 0 aliphatic rings. The predicted molar refractivity (Wildman–Crippen MR) is 75.3 cm³/mol. The van der Waals surface area contributed by atoms with Gasteiger partial charge >= 0.3 is 0 Å². The van der Waals surface area contributed by atoms with Gasteiger partial charge in [0.15, 0.2) is 5.82 Å². The van der Waals surface area contributed by atoms with Gasteiger partial charge in [0, 0.05) is 18.7 Å². The van der Waals surface area contributed by atoms with E-state index in [9.17, 15) is 0 Å². The lowest BCUT2D eigenvalue weighted by atomic mass is 10.1. The van der Waals surface area contributed by atoms with Crippen molar-refractivity contribution >= 4 is 5.82 Å². The first-order chi connectivity index (χ1) is 9.28. The molecule has 1 aromatic heterocycles. The molecule has 0 aliphatic heterocycles. The van der Waals surface area contributed by atoms with E-state index in [1.807, 2.05) is 43.3 Å². The van der Waals surface area contributed by atoms with Crippen LogP contribution in [0.2, 0.25) is 0 Å². The number of nitrogens with zero attached hydrogens (tertiary/aromatic N) is 2. The molecule has 0 aliphatic carbocycles. The number of aromatic nitrogens is 2. The van der Waals surface area contributed by atoms with E-state index in [4.69, 9.17) is 10.6 Å². The molecular formula is C14H18N4O. The molecule has 1 heterocycles. The van der Waals surface area contributed by atoms with Crippen LogP contribution in [0.5, 0.6) is 0 Å². The van der Waals surface area contributed by atoms with E-state index in [0.29, 0.717) is 11.6 Å². The van der Waals surface area contributed by atoms with Gasteiger partial charge in [-0.3, -0.25) is 0 Å². The molecule has 2 rings (SSSR count). The number of benzene rings is 1. The summed E-state index contributed by atoms with van der Waals surface area (Å²) in [5.41, 5.74) is 4.42. The first-order valence-corrected chi connectivity index (χ1v) is 6.22. The minimum Gasteiger partial charge on any atom is -0.373 e. The molecule has 0 fully saturated rings. The lowest BCUT2D eigenvalue weighted by molar-refractivity contribution is 0.0928. The summed E-state index contributed by atoms with van der Waals surface area (Å²) < 4.78 is 5.38. The van der Waals surface area contributed by atoms with Crippen molar-refractivity contribution in [1.29, 1.82) is 0 Å². The largest absolute Gasteiger partial charge is 0.373 e. The Hall–Kier alpha value is -1.98. The molecule has 1 unspecified atom stereocenters. The summed E-state index contributed by atoms with van der Waals surface area (Å²) in [6.45, 7) is 2.03. The van der Waals surface area contributed by atoms with Crippen LogP contribution in [0.3, 0.4) is 0 Å². The van der Waals surface area contributed by atoms with Gasteiger partial charge in [-0.1, -0.05) is 37.3 Å². The SMILES string of the molecule is CCC(OC)c1nc(NN)cc(-c2ccccc2)n1. The first kappa shape index (κ1) is 13.5. The van der Waals surface area contributed by atoms with Crippen molar-refractivity contribution in [2.45, 2.75) is 19.4 Å². The molecule has 5 heteroatoms. The van der Waals surface area contributed by atoms with Crippen LogP contribution >= 0.6 is 0 Å². The standard InChI is InChI=1S/C14H18N4O/c1-3-12(19-2)14-16-11(9-13(17-14)18-15)10-7-5-4-6-8-10/h4-9,12H,3,15H2,1-2H3,(H,16,17,18). The first-order valence-electron chi connectivity index (χ1n) is 6.22. The molecule has 0 saturated carbocycles. The average molecular weight is 258 g/mol. The summed E-state index contributed by atoms with van der Waals surface area (Å²) in [7, 11) is 1.66. The summed E-state index contributed by atoms with van der Waals surface area (Å²) in [5.74, 6) is 6.69. The third kappa shape index (κ3) is 3.07. The van der Waals surface area contributed by atoms with Crippen LogP contribution in [0.25, 0.3) is 11.3 Å². The Morgan fingerprint density at radius 2 is 2.00 bits per heavy atom. The van der Waals surface area contributed by atoms with Gasteiger partial charge in [0.05, 0.1) is 5.69 Å². The Bertz CT molecular complexity index is 526.